The molecule has 0 amide bonds. The zero-order valence-corrected chi connectivity index (χ0v) is 12.5. The van der Waals surface area contributed by atoms with E-state index in [0.717, 1.165) is 48.3 Å². The lowest BCUT2D eigenvalue weighted by Gasteiger charge is -2.24. The van der Waals surface area contributed by atoms with Crippen LogP contribution in [0.25, 0.3) is 11.0 Å². The average Bonchev–Trinajstić information content (AvgIpc) is 3.39. The van der Waals surface area contributed by atoms with Gasteiger partial charge in [-0.3, -0.25) is 5.10 Å². The Kier molecular flexibility index (Phi) is 3.16. The maximum Gasteiger partial charge on any atom is 0.226 e. The standard InChI is InChI=1S/C15H22N6/c1-2-16-15-18-13-12(7-17-20-13)14(19-15)21(8-10-3-4-10)9-11-5-6-11/h7,10-11H,2-6,8-9H2,1H3,(H2,16,17,18,19,20). The molecule has 0 aliphatic heterocycles. The van der Waals surface area contributed by atoms with Crippen molar-refractivity contribution in [3.63, 3.8) is 0 Å². The van der Waals surface area contributed by atoms with Crippen LogP contribution < -0.4 is 10.2 Å². The van der Waals surface area contributed by atoms with Gasteiger partial charge in [0.1, 0.15) is 5.82 Å². The van der Waals surface area contributed by atoms with E-state index in [2.05, 4.69) is 32.3 Å². The number of aromatic nitrogens is 4. The van der Waals surface area contributed by atoms with Gasteiger partial charge in [-0.1, -0.05) is 0 Å². The second-order valence-corrected chi connectivity index (χ2v) is 6.33. The van der Waals surface area contributed by atoms with Gasteiger partial charge in [0.2, 0.25) is 5.95 Å². The number of hydrogen-bond donors (Lipinski definition) is 2. The lowest BCUT2D eigenvalue weighted by molar-refractivity contribution is 0.673. The summed E-state index contributed by atoms with van der Waals surface area (Å²) in [5, 5.41) is 11.4. The van der Waals surface area contributed by atoms with Crippen LogP contribution >= 0.6 is 0 Å². The highest BCUT2D eigenvalue weighted by molar-refractivity contribution is 5.87. The summed E-state index contributed by atoms with van der Waals surface area (Å²) >= 11 is 0. The molecule has 2 aromatic rings. The van der Waals surface area contributed by atoms with E-state index in [-0.39, 0.29) is 0 Å². The van der Waals surface area contributed by atoms with Crippen LogP contribution in [0.2, 0.25) is 0 Å². The summed E-state index contributed by atoms with van der Waals surface area (Å²) in [7, 11) is 0. The van der Waals surface area contributed by atoms with Crippen molar-refractivity contribution in [3.05, 3.63) is 6.20 Å². The van der Waals surface area contributed by atoms with Crippen molar-refractivity contribution >= 4 is 22.8 Å². The zero-order chi connectivity index (χ0) is 14.2. The van der Waals surface area contributed by atoms with Crippen molar-refractivity contribution in [2.45, 2.75) is 32.6 Å². The van der Waals surface area contributed by atoms with Gasteiger partial charge in [-0.05, 0) is 44.4 Å². The van der Waals surface area contributed by atoms with Crippen LogP contribution in [-0.2, 0) is 0 Å². The topological polar surface area (TPSA) is 69.7 Å². The van der Waals surface area contributed by atoms with Crippen LogP contribution in [-0.4, -0.2) is 39.8 Å². The molecule has 2 aromatic heterocycles. The van der Waals surface area contributed by atoms with Gasteiger partial charge in [-0.15, -0.1) is 0 Å². The van der Waals surface area contributed by atoms with E-state index in [1.54, 1.807) is 0 Å². The van der Waals surface area contributed by atoms with Crippen LogP contribution in [0.4, 0.5) is 11.8 Å². The highest BCUT2D eigenvalue weighted by Crippen LogP contribution is 2.37. The quantitative estimate of drug-likeness (QED) is 0.818. The Balaban J connectivity index is 1.70. The number of H-pyrrole nitrogens is 1. The number of nitrogens with zero attached hydrogens (tertiary/aromatic N) is 4. The minimum absolute atomic E-state index is 0.695. The SMILES string of the molecule is CCNc1nc(N(CC2CC2)CC2CC2)c2cn[nH]c2n1. The molecule has 2 fully saturated rings. The molecule has 112 valence electrons. The van der Waals surface area contributed by atoms with E-state index in [4.69, 9.17) is 4.98 Å². The summed E-state index contributed by atoms with van der Waals surface area (Å²) in [4.78, 5) is 11.7. The Morgan fingerprint density at radius 2 is 1.90 bits per heavy atom. The molecule has 6 heteroatoms. The molecule has 2 aliphatic rings. The number of rotatable bonds is 7. The fraction of sp³-hybridized carbons (Fsp3) is 0.667. The zero-order valence-electron chi connectivity index (χ0n) is 12.5. The van der Waals surface area contributed by atoms with Gasteiger partial charge in [0.25, 0.3) is 0 Å². The molecule has 2 saturated carbocycles. The van der Waals surface area contributed by atoms with E-state index >= 15 is 0 Å². The van der Waals surface area contributed by atoms with Crippen LogP contribution in [0.5, 0.6) is 0 Å². The molecular formula is C15H22N6. The smallest absolute Gasteiger partial charge is 0.226 e. The Morgan fingerprint density at radius 1 is 1.19 bits per heavy atom. The Morgan fingerprint density at radius 3 is 2.52 bits per heavy atom. The monoisotopic (exact) mass is 286 g/mol. The van der Waals surface area contributed by atoms with Crippen LogP contribution in [0, 0.1) is 11.8 Å². The van der Waals surface area contributed by atoms with Gasteiger partial charge < -0.3 is 10.2 Å². The van der Waals surface area contributed by atoms with Crippen LogP contribution in [0.1, 0.15) is 32.6 Å². The molecule has 0 atom stereocenters. The molecule has 21 heavy (non-hydrogen) atoms. The molecule has 2 aliphatic carbocycles. The lowest BCUT2D eigenvalue weighted by Crippen LogP contribution is -2.29. The van der Waals surface area contributed by atoms with Gasteiger partial charge in [0.15, 0.2) is 5.65 Å². The number of hydrogen-bond acceptors (Lipinski definition) is 5. The predicted octanol–water partition coefficient (Wildman–Crippen LogP) is 2.41. The predicted molar refractivity (Wildman–Crippen MR) is 83.5 cm³/mol. The third-order valence-corrected chi connectivity index (χ3v) is 4.28. The van der Waals surface area contributed by atoms with Crippen molar-refractivity contribution in [1.82, 2.24) is 20.2 Å². The van der Waals surface area contributed by atoms with Crippen LogP contribution in [0.3, 0.4) is 0 Å². The van der Waals surface area contributed by atoms with Crippen LogP contribution in [0.15, 0.2) is 6.20 Å². The largest absolute Gasteiger partial charge is 0.355 e. The van der Waals surface area contributed by atoms with Gasteiger partial charge in [0, 0.05) is 19.6 Å². The van der Waals surface area contributed by atoms with Gasteiger partial charge in [-0.2, -0.15) is 15.1 Å². The Bertz CT molecular complexity index is 614. The van der Waals surface area contributed by atoms with E-state index in [1.807, 2.05) is 6.20 Å². The third-order valence-electron chi connectivity index (χ3n) is 4.28. The fourth-order valence-electron chi connectivity index (χ4n) is 2.77. The van der Waals surface area contributed by atoms with Crippen molar-refractivity contribution in [1.29, 1.82) is 0 Å². The molecule has 2 heterocycles. The highest BCUT2D eigenvalue weighted by atomic mass is 15.3. The van der Waals surface area contributed by atoms with Crippen molar-refractivity contribution < 1.29 is 0 Å². The molecule has 0 radical (unpaired) electrons. The number of nitrogens with one attached hydrogen (secondary N) is 2. The Hall–Kier alpha value is -1.85. The first-order valence-corrected chi connectivity index (χ1v) is 8.03. The Labute approximate surface area is 124 Å². The molecule has 0 spiro atoms. The van der Waals surface area contributed by atoms with E-state index in [1.165, 1.54) is 25.7 Å². The summed E-state index contributed by atoms with van der Waals surface area (Å²) in [6.45, 7) is 5.13. The number of fused-ring (bicyclic) bond motifs is 1. The summed E-state index contributed by atoms with van der Waals surface area (Å²) in [5.74, 6) is 3.44. The first-order chi connectivity index (χ1) is 10.3. The molecule has 0 saturated heterocycles. The van der Waals surface area contributed by atoms with Gasteiger partial charge in [0.05, 0.1) is 11.6 Å². The first kappa shape index (κ1) is 12.9. The first-order valence-electron chi connectivity index (χ1n) is 8.03. The maximum atomic E-state index is 4.77. The van der Waals surface area contributed by atoms with Crippen molar-refractivity contribution in [2.75, 3.05) is 29.9 Å². The van der Waals surface area contributed by atoms with Gasteiger partial charge >= 0.3 is 0 Å². The van der Waals surface area contributed by atoms with E-state index in [9.17, 15) is 0 Å². The fourth-order valence-corrected chi connectivity index (χ4v) is 2.77. The van der Waals surface area contributed by atoms with E-state index < -0.39 is 0 Å². The maximum absolute atomic E-state index is 4.77. The third kappa shape index (κ3) is 2.80. The molecular weight excluding hydrogens is 264 g/mol. The molecule has 4 rings (SSSR count). The minimum Gasteiger partial charge on any atom is -0.355 e. The van der Waals surface area contributed by atoms with Gasteiger partial charge in [-0.25, -0.2) is 0 Å². The average molecular weight is 286 g/mol. The second kappa shape index (κ2) is 5.16. The second-order valence-electron chi connectivity index (χ2n) is 6.33. The normalized spacial score (nSPS) is 18.1. The number of anilines is 2. The number of aromatic amines is 1. The highest BCUT2D eigenvalue weighted by Gasteiger charge is 2.31. The summed E-state index contributed by atoms with van der Waals surface area (Å²) in [6.07, 6.45) is 7.30. The van der Waals surface area contributed by atoms with Crippen molar-refractivity contribution in [3.8, 4) is 0 Å². The summed E-state index contributed by atoms with van der Waals surface area (Å²) in [5.41, 5.74) is 0.826. The molecule has 6 nitrogen and oxygen atoms in total. The van der Waals surface area contributed by atoms with Crippen molar-refractivity contribution in [2.24, 2.45) is 11.8 Å². The molecule has 2 N–H and O–H groups in total. The minimum atomic E-state index is 0.695. The summed E-state index contributed by atoms with van der Waals surface area (Å²) < 4.78 is 0. The lowest BCUT2D eigenvalue weighted by atomic mass is 10.2. The molecule has 0 unspecified atom stereocenters. The summed E-state index contributed by atoms with van der Waals surface area (Å²) in [6, 6.07) is 0. The molecule has 0 aromatic carbocycles. The molecule has 0 bridgehead atoms. The van der Waals surface area contributed by atoms with E-state index in [0.29, 0.717) is 5.95 Å².